The first kappa shape index (κ1) is 15.8. The van der Waals surface area contributed by atoms with Gasteiger partial charge in [0.25, 0.3) is 0 Å². The second-order valence-electron chi connectivity index (χ2n) is 6.88. The van der Waals surface area contributed by atoms with Gasteiger partial charge in [-0.2, -0.15) is 0 Å². The summed E-state index contributed by atoms with van der Waals surface area (Å²) in [5.41, 5.74) is 1.16. The molecule has 1 unspecified atom stereocenters. The molecule has 3 rings (SSSR count). The number of benzene rings is 1. The van der Waals surface area contributed by atoms with Crippen molar-refractivity contribution < 1.29 is 4.39 Å². The molecule has 0 spiro atoms. The predicted molar refractivity (Wildman–Crippen MR) is 89.9 cm³/mol. The molecule has 0 aromatic heterocycles. The molecule has 0 radical (unpaired) electrons. The Balaban J connectivity index is 1.57. The van der Waals surface area contributed by atoms with E-state index in [4.69, 9.17) is 0 Å². The molecular weight excluding hydrogens is 277 g/mol. The topological polar surface area (TPSA) is 9.72 Å². The zero-order chi connectivity index (χ0) is 15.5. The number of nitrogens with zero attached hydrogens (tertiary/aromatic N) is 3. The minimum atomic E-state index is -0.152. The first-order valence-electron chi connectivity index (χ1n) is 8.62. The van der Waals surface area contributed by atoms with Gasteiger partial charge in [-0.25, -0.2) is 4.39 Å². The second-order valence-corrected chi connectivity index (χ2v) is 6.88. The highest BCUT2D eigenvalue weighted by Gasteiger charge is 2.29. The van der Waals surface area contributed by atoms with Gasteiger partial charge in [-0.15, -0.1) is 0 Å². The Morgan fingerprint density at radius 2 is 1.77 bits per heavy atom. The third kappa shape index (κ3) is 3.61. The summed E-state index contributed by atoms with van der Waals surface area (Å²) >= 11 is 0. The van der Waals surface area contributed by atoms with Crippen molar-refractivity contribution >= 4 is 5.69 Å². The fourth-order valence-corrected chi connectivity index (χ4v) is 3.77. The van der Waals surface area contributed by atoms with E-state index in [1.165, 1.54) is 39.0 Å². The molecule has 0 bridgehead atoms. The molecule has 1 atom stereocenters. The van der Waals surface area contributed by atoms with Gasteiger partial charge in [0.15, 0.2) is 0 Å². The molecule has 2 aliphatic rings. The van der Waals surface area contributed by atoms with E-state index in [-0.39, 0.29) is 5.82 Å². The van der Waals surface area contributed by atoms with Gasteiger partial charge in [0.1, 0.15) is 5.82 Å². The number of anilines is 1. The third-order valence-electron chi connectivity index (χ3n) is 5.17. The smallest absolute Gasteiger partial charge is 0.123 e. The van der Waals surface area contributed by atoms with Crippen LogP contribution in [0.4, 0.5) is 10.1 Å². The predicted octanol–water partition coefficient (Wildman–Crippen LogP) is 2.82. The SMILES string of the molecule is CC(C)N1CCCN(C2CCN(c3ccc(F)cc3)C2)CC1. The maximum Gasteiger partial charge on any atom is 0.123 e. The molecule has 122 valence electrons. The number of halogens is 1. The molecule has 22 heavy (non-hydrogen) atoms. The van der Waals surface area contributed by atoms with Crippen LogP contribution in [0.3, 0.4) is 0 Å². The summed E-state index contributed by atoms with van der Waals surface area (Å²) in [6.07, 6.45) is 2.49. The zero-order valence-electron chi connectivity index (χ0n) is 13.8. The highest BCUT2D eigenvalue weighted by molar-refractivity contribution is 5.47. The summed E-state index contributed by atoms with van der Waals surface area (Å²) in [5.74, 6) is -0.152. The fraction of sp³-hybridized carbons (Fsp3) is 0.667. The first-order valence-corrected chi connectivity index (χ1v) is 8.62. The van der Waals surface area contributed by atoms with Crippen LogP contribution in [0.2, 0.25) is 0 Å². The third-order valence-corrected chi connectivity index (χ3v) is 5.17. The Kier molecular flexibility index (Phi) is 4.99. The summed E-state index contributed by atoms with van der Waals surface area (Å²) in [5, 5.41) is 0. The Morgan fingerprint density at radius 3 is 2.50 bits per heavy atom. The van der Waals surface area contributed by atoms with Crippen LogP contribution in [-0.4, -0.2) is 61.2 Å². The molecule has 1 aromatic carbocycles. The Morgan fingerprint density at radius 1 is 1.00 bits per heavy atom. The van der Waals surface area contributed by atoms with Crippen molar-refractivity contribution in [3.05, 3.63) is 30.1 Å². The monoisotopic (exact) mass is 305 g/mol. The average molecular weight is 305 g/mol. The van der Waals surface area contributed by atoms with Crippen molar-refractivity contribution in [3.8, 4) is 0 Å². The minimum Gasteiger partial charge on any atom is -0.370 e. The van der Waals surface area contributed by atoms with E-state index in [0.29, 0.717) is 12.1 Å². The van der Waals surface area contributed by atoms with E-state index < -0.39 is 0 Å². The van der Waals surface area contributed by atoms with Gasteiger partial charge in [0.05, 0.1) is 0 Å². The lowest BCUT2D eigenvalue weighted by molar-refractivity contribution is 0.195. The van der Waals surface area contributed by atoms with Gasteiger partial charge in [0, 0.05) is 44.0 Å². The molecule has 4 heteroatoms. The van der Waals surface area contributed by atoms with Gasteiger partial charge in [-0.1, -0.05) is 0 Å². The van der Waals surface area contributed by atoms with Gasteiger partial charge in [0.2, 0.25) is 0 Å². The Bertz CT molecular complexity index is 474. The lowest BCUT2D eigenvalue weighted by atomic mass is 10.2. The normalized spacial score (nSPS) is 24.9. The van der Waals surface area contributed by atoms with E-state index in [2.05, 4.69) is 28.5 Å². The van der Waals surface area contributed by atoms with Crippen molar-refractivity contribution in [1.82, 2.24) is 9.80 Å². The highest BCUT2D eigenvalue weighted by Crippen LogP contribution is 2.24. The zero-order valence-corrected chi connectivity index (χ0v) is 13.8. The summed E-state index contributed by atoms with van der Waals surface area (Å²) in [6, 6.07) is 8.24. The molecular formula is C18H28FN3. The van der Waals surface area contributed by atoms with Gasteiger partial charge >= 0.3 is 0 Å². The molecule has 0 N–H and O–H groups in total. The molecule has 0 saturated carbocycles. The van der Waals surface area contributed by atoms with Crippen LogP contribution in [0, 0.1) is 5.82 Å². The van der Waals surface area contributed by atoms with Crippen LogP contribution in [0.1, 0.15) is 26.7 Å². The van der Waals surface area contributed by atoms with Gasteiger partial charge in [-0.05, 0) is 64.0 Å². The van der Waals surface area contributed by atoms with Crippen LogP contribution < -0.4 is 4.90 Å². The molecule has 1 aromatic rings. The lowest BCUT2D eigenvalue weighted by Crippen LogP contribution is -2.41. The molecule has 2 aliphatic heterocycles. The van der Waals surface area contributed by atoms with Crippen molar-refractivity contribution in [1.29, 1.82) is 0 Å². The van der Waals surface area contributed by atoms with E-state index in [9.17, 15) is 4.39 Å². The molecule has 2 saturated heterocycles. The standard InChI is InChI=1S/C18H28FN3/c1-15(2)20-9-3-10-21(13-12-20)18-8-11-22(14-18)17-6-4-16(19)5-7-17/h4-7,15,18H,3,8-14H2,1-2H3. The van der Waals surface area contributed by atoms with E-state index >= 15 is 0 Å². The Labute approximate surface area is 133 Å². The van der Waals surface area contributed by atoms with Crippen LogP contribution in [-0.2, 0) is 0 Å². The molecule has 2 fully saturated rings. The molecule has 2 heterocycles. The number of hydrogen-bond acceptors (Lipinski definition) is 3. The van der Waals surface area contributed by atoms with E-state index in [1.54, 1.807) is 12.1 Å². The van der Waals surface area contributed by atoms with Crippen molar-refractivity contribution in [2.75, 3.05) is 44.2 Å². The summed E-state index contributed by atoms with van der Waals surface area (Å²) in [7, 11) is 0. The van der Waals surface area contributed by atoms with Crippen molar-refractivity contribution in [3.63, 3.8) is 0 Å². The van der Waals surface area contributed by atoms with E-state index in [0.717, 1.165) is 18.8 Å². The quantitative estimate of drug-likeness (QED) is 0.850. The maximum atomic E-state index is 13.1. The maximum absolute atomic E-state index is 13.1. The van der Waals surface area contributed by atoms with Gasteiger partial charge in [-0.3, -0.25) is 9.80 Å². The fourth-order valence-electron chi connectivity index (χ4n) is 3.77. The molecule has 0 aliphatic carbocycles. The average Bonchev–Trinajstić information content (AvgIpc) is 2.85. The Hall–Kier alpha value is -1.13. The van der Waals surface area contributed by atoms with Crippen LogP contribution in [0.5, 0.6) is 0 Å². The minimum absolute atomic E-state index is 0.152. The van der Waals surface area contributed by atoms with Crippen LogP contribution in [0.15, 0.2) is 24.3 Å². The summed E-state index contributed by atoms with van der Waals surface area (Å²) < 4.78 is 13.1. The van der Waals surface area contributed by atoms with E-state index in [1.807, 2.05) is 12.1 Å². The summed E-state index contributed by atoms with van der Waals surface area (Å²) in [6.45, 7) is 11.6. The van der Waals surface area contributed by atoms with Gasteiger partial charge < -0.3 is 4.90 Å². The van der Waals surface area contributed by atoms with Crippen molar-refractivity contribution in [2.45, 2.75) is 38.8 Å². The first-order chi connectivity index (χ1) is 10.6. The van der Waals surface area contributed by atoms with Crippen LogP contribution >= 0.6 is 0 Å². The molecule has 3 nitrogen and oxygen atoms in total. The molecule has 0 amide bonds. The number of hydrogen-bond donors (Lipinski definition) is 0. The number of rotatable bonds is 3. The largest absolute Gasteiger partial charge is 0.370 e. The second kappa shape index (κ2) is 6.97. The summed E-state index contributed by atoms with van der Waals surface area (Å²) in [4.78, 5) is 7.66. The van der Waals surface area contributed by atoms with Crippen LogP contribution in [0.25, 0.3) is 0 Å². The van der Waals surface area contributed by atoms with Crippen molar-refractivity contribution in [2.24, 2.45) is 0 Å². The lowest BCUT2D eigenvalue weighted by Gasteiger charge is -2.29. The highest BCUT2D eigenvalue weighted by atomic mass is 19.1.